The van der Waals surface area contributed by atoms with Gasteiger partial charge in [-0.15, -0.1) is 0 Å². The predicted octanol–water partition coefficient (Wildman–Crippen LogP) is 6.63. The molecule has 0 aromatic rings. The fourth-order valence-corrected chi connectivity index (χ4v) is 6.67. The Labute approximate surface area is 218 Å². The van der Waals surface area contributed by atoms with Gasteiger partial charge in [0.1, 0.15) is 11.2 Å². The topological polar surface area (TPSA) is 78.9 Å². The average Bonchev–Trinajstić information content (AvgIpc) is 2.80. The third-order valence-corrected chi connectivity index (χ3v) is 9.98. The molecule has 0 aromatic heterocycles. The van der Waals surface area contributed by atoms with Crippen molar-refractivity contribution >= 4 is 17.9 Å². The van der Waals surface area contributed by atoms with Crippen molar-refractivity contribution in [3.8, 4) is 0 Å². The molecule has 0 aromatic carbocycles. The molecular weight excluding hydrogens is 456 g/mol. The minimum atomic E-state index is -0.696. The summed E-state index contributed by atoms with van der Waals surface area (Å²) in [5.74, 6) is 2.63. The Morgan fingerprint density at radius 3 is 1.75 bits per heavy atom. The van der Waals surface area contributed by atoms with Crippen molar-refractivity contribution in [3.63, 3.8) is 0 Å². The number of esters is 3. The second-order valence-corrected chi connectivity index (χ2v) is 13.5. The molecule has 1 aliphatic heterocycles. The maximum Gasteiger partial charge on any atom is 0.312 e. The SMILES string of the molecule is CCC(C)(C)C(=O)OC1(C)CCOC(=O)C1.CCC(C)(C)C(=O)OC1(CC)C2CC3CC(C2)CC1C3. The van der Waals surface area contributed by atoms with Crippen molar-refractivity contribution in [2.75, 3.05) is 6.61 Å². The lowest BCUT2D eigenvalue weighted by Crippen LogP contribution is -2.60. The molecule has 206 valence electrons. The highest BCUT2D eigenvalue weighted by atomic mass is 16.6. The second kappa shape index (κ2) is 10.6. The van der Waals surface area contributed by atoms with E-state index in [9.17, 15) is 14.4 Å². The van der Waals surface area contributed by atoms with Crippen LogP contribution in [0.4, 0.5) is 0 Å². The maximum atomic E-state index is 12.6. The van der Waals surface area contributed by atoms with Crippen LogP contribution < -0.4 is 0 Å². The first-order valence-electron chi connectivity index (χ1n) is 14.3. The van der Waals surface area contributed by atoms with Crippen LogP contribution in [-0.4, -0.2) is 35.7 Å². The number of rotatable bonds is 7. The van der Waals surface area contributed by atoms with E-state index in [4.69, 9.17) is 14.2 Å². The van der Waals surface area contributed by atoms with Gasteiger partial charge in [0.25, 0.3) is 0 Å². The minimum absolute atomic E-state index is 0.0364. The molecule has 36 heavy (non-hydrogen) atoms. The molecule has 0 N–H and O–H groups in total. The number of hydrogen-bond acceptors (Lipinski definition) is 6. The first kappa shape index (κ1) is 29.0. The van der Waals surface area contributed by atoms with Gasteiger partial charge in [0.05, 0.1) is 23.9 Å². The fraction of sp³-hybridized carbons (Fsp3) is 0.900. The van der Waals surface area contributed by atoms with Crippen LogP contribution >= 0.6 is 0 Å². The summed E-state index contributed by atoms with van der Waals surface area (Å²) in [4.78, 5) is 35.7. The Morgan fingerprint density at radius 2 is 1.33 bits per heavy atom. The third-order valence-electron chi connectivity index (χ3n) is 9.98. The van der Waals surface area contributed by atoms with E-state index >= 15 is 0 Å². The Hall–Kier alpha value is -1.59. The predicted molar refractivity (Wildman–Crippen MR) is 139 cm³/mol. The number of carbonyl (C=O) groups excluding carboxylic acids is 3. The lowest BCUT2D eigenvalue weighted by molar-refractivity contribution is -0.218. The van der Waals surface area contributed by atoms with Crippen molar-refractivity contribution < 1.29 is 28.6 Å². The van der Waals surface area contributed by atoms with Gasteiger partial charge in [-0.05, 0) is 110 Å². The normalized spacial score (nSPS) is 35.4. The van der Waals surface area contributed by atoms with Crippen molar-refractivity contribution in [3.05, 3.63) is 0 Å². The summed E-state index contributed by atoms with van der Waals surface area (Å²) in [5, 5.41) is 0. The van der Waals surface area contributed by atoms with E-state index in [1.54, 1.807) is 6.92 Å². The van der Waals surface area contributed by atoms with Gasteiger partial charge in [0, 0.05) is 6.42 Å². The zero-order valence-corrected chi connectivity index (χ0v) is 24.0. The van der Waals surface area contributed by atoms with Crippen LogP contribution in [0.25, 0.3) is 0 Å². The smallest absolute Gasteiger partial charge is 0.312 e. The van der Waals surface area contributed by atoms with Crippen molar-refractivity contribution in [2.45, 2.75) is 131 Å². The molecule has 4 saturated carbocycles. The Kier molecular flexibility index (Phi) is 8.57. The molecule has 4 aliphatic carbocycles. The molecule has 5 fully saturated rings. The molecule has 1 unspecified atom stereocenters. The third kappa shape index (κ3) is 5.93. The van der Waals surface area contributed by atoms with Gasteiger partial charge in [-0.1, -0.05) is 20.8 Å². The van der Waals surface area contributed by atoms with E-state index in [2.05, 4.69) is 13.8 Å². The summed E-state index contributed by atoms with van der Waals surface area (Å²) in [7, 11) is 0. The molecule has 6 heteroatoms. The lowest BCUT2D eigenvalue weighted by Gasteiger charge is -2.60. The van der Waals surface area contributed by atoms with Gasteiger partial charge < -0.3 is 14.2 Å². The molecule has 1 saturated heterocycles. The van der Waals surface area contributed by atoms with Crippen LogP contribution in [0.5, 0.6) is 0 Å². The summed E-state index contributed by atoms with van der Waals surface area (Å²) in [6.45, 7) is 16.1. The number of hydrogen-bond donors (Lipinski definition) is 0. The van der Waals surface area contributed by atoms with E-state index in [1.165, 1.54) is 32.1 Å². The summed E-state index contributed by atoms with van der Waals surface area (Å²) < 4.78 is 16.6. The van der Waals surface area contributed by atoms with Crippen LogP contribution in [-0.2, 0) is 28.6 Å². The van der Waals surface area contributed by atoms with Gasteiger partial charge in [-0.25, -0.2) is 0 Å². The quantitative estimate of drug-likeness (QED) is 0.285. The number of carbonyl (C=O) groups is 3. The second-order valence-electron chi connectivity index (χ2n) is 13.5. The first-order valence-corrected chi connectivity index (χ1v) is 14.3. The van der Waals surface area contributed by atoms with Crippen LogP contribution in [0.3, 0.4) is 0 Å². The van der Waals surface area contributed by atoms with Crippen LogP contribution in [0, 0.1) is 34.5 Å². The molecule has 5 aliphatic rings. The zero-order chi connectivity index (χ0) is 26.9. The summed E-state index contributed by atoms with van der Waals surface area (Å²) in [6, 6.07) is 0. The fourth-order valence-electron chi connectivity index (χ4n) is 6.67. The first-order chi connectivity index (χ1) is 16.7. The number of ether oxygens (including phenoxy) is 3. The summed E-state index contributed by atoms with van der Waals surface area (Å²) in [5.41, 5.74) is -1.66. The van der Waals surface area contributed by atoms with Gasteiger partial charge in [0.2, 0.25) is 0 Å². The Bertz CT molecular complexity index is 799. The van der Waals surface area contributed by atoms with E-state index in [-0.39, 0.29) is 35.3 Å². The lowest BCUT2D eigenvalue weighted by atomic mass is 9.49. The van der Waals surface area contributed by atoms with E-state index in [0.29, 0.717) is 31.3 Å². The molecule has 0 amide bonds. The van der Waals surface area contributed by atoms with Gasteiger partial charge >= 0.3 is 17.9 Å². The molecule has 6 nitrogen and oxygen atoms in total. The van der Waals surface area contributed by atoms with E-state index in [1.807, 2.05) is 34.6 Å². The molecule has 0 radical (unpaired) electrons. The Morgan fingerprint density at radius 1 is 0.861 bits per heavy atom. The molecule has 0 spiro atoms. The molecule has 4 bridgehead atoms. The maximum absolute atomic E-state index is 12.6. The highest BCUT2D eigenvalue weighted by molar-refractivity contribution is 5.78. The summed E-state index contributed by atoms with van der Waals surface area (Å²) >= 11 is 0. The molecule has 1 atom stereocenters. The zero-order valence-electron chi connectivity index (χ0n) is 24.0. The molecular formula is C30H50O6. The van der Waals surface area contributed by atoms with Crippen LogP contribution in [0.1, 0.15) is 120 Å². The van der Waals surface area contributed by atoms with Gasteiger partial charge in [-0.2, -0.15) is 0 Å². The van der Waals surface area contributed by atoms with Crippen molar-refractivity contribution in [1.29, 1.82) is 0 Å². The Balaban J connectivity index is 0.000000207. The van der Waals surface area contributed by atoms with Gasteiger partial charge in [0.15, 0.2) is 0 Å². The van der Waals surface area contributed by atoms with Crippen LogP contribution in [0.2, 0.25) is 0 Å². The van der Waals surface area contributed by atoms with Crippen LogP contribution in [0.15, 0.2) is 0 Å². The molecule has 1 heterocycles. The van der Waals surface area contributed by atoms with Crippen molar-refractivity contribution in [1.82, 2.24) is 0 Å². The highest BCUT2D eigenvalue weighted by Gasteiger charge is 2.59. The average molecular weight is 507 g/mol. The summed E-state index contributed by atoms with van der Waals surface area (Å²) in [6.07, 6.45) is 9.97. The highest BCUT2D eigenvalue weighted by Crippen LogP contribution is 2.61. The standard InChI is InChI=1S/C18H30O2.C12H20O4/c1-5-17(3,4)16(19)20-18(6-2)14-8-12-7-13(10-14)11-15(18)9-12;1-5-11(2,3)10(14)16-12(4)6-7-15-9(13)8-12/h12-15H,5-11H2,1-4H3;5-8H2,1-4H3. The minimum Gasteiger partial charge on any atom is -0.465 e. The monoisotopic (exact) mass is 506 g/mol. The largest absolute Gasteiger partial charge is 0.465 e. The van der Waals surface area contributed by atoms with Gasteiger partial charge in [-0.3, -0.25) is 14.4 Å². The van der Waals surface area contributed by atoms with Crippen molar-refractivity contribution in [2.24, 2.45) is 34.5 Å². The van der Waals surface area contributed by atoms with E-state index < -0.39 is 11.0 Å². The van der Waals surface area contributed by atoms with E-state index in [0.717, 1.165) is 24.7 Å². The number of cyclic esters (lactones) is 1. The molecule has 5 rings (SSSR count).